The molecule has 0 unspecified atom stereocenters. The van der Waals surface area contributed by atoms with E-state index >= 15 is 0 Å². The summed E-state index contributed by atoms with van der Waals surface area (Å²) in [6, 6.07) is 6.59. The van der Waals surface area contributed by atoms with Crippen LogP contribution < -0.4 is 5.73 Å². The first-order valence-corrected chi connectivity index (χ1v) is 5.34. The van der Waals surface area contributed by atoms with Gasteiger partial charge in [0.1, 0.15) is 5.82 Å². The lowest BCUT2D eigenvalue weighted by Gasteiger charge is -2.05. The van der Waals surface area contributed by atoms with Crippen LogP contribution in [0.3, 0.4) is 0 Å². The normalized spacial score (nSPS) is 10.3. The zero-order valence-corrected chi connectivity index (χ0v) is 9.21. The zero-order valence-electron chi connectivity index (χ0n) is 9.21. The second-order valence-electron chi connectivity index (χ2n) is 3.63. The Morgan fingerprint density at radius 1 is 1.31 bits per heavy atom. The highest BCUT2D eigenvalue weighted by atomic mass is 19.1. The fraction of sp³-hybridized carbons (Fsp3) is 0.417. The monoisotopic (exact) mass is 224 g/mol. The maximum Gasteiger partial charge on any atom is 0.128 e. The minimum atomic E-state index is -0.230. The molecular formula is C12H17FN2O. The van der Waals surface area contributed by atoms with E-state index in [9.17, 15) is 4.39 Å². The summed E-state index contributed by atoms with van der Waals surface area (Å²) >= 11 is 0. The van der Waals surface area contributed by atoms with Gasteiger partial charge in [-0.1, -0.05) is 18.2 Å². The van der Waals surface area contributed by atoms with Crippen molar-refractivity contribution in [3.05, 3.63) is 35.6 Å². The van der Waals surface area contributed by atoms with Gasteiger partial charge in [-0.3, -0.25) is 5.41 Å². The average Bonchev–Trinajstić information content (AvgIpc) is 2.25. The molecule has 0 aromatic heterocycles. The van der Waals surface area contributed by atoms with Gasteiger partial charge in [-0.15, -0.1) is 0 Å². The molecule has 0 bridgehead atoms. The molecule has 0 saturated carbocycles. The molecule has 3 N–H and O–H groups in total. The van der Waals surface area contributed by atoms with E-state index in [2.05, 4.69) is 0 Å². The highest BCUT2D eigenvalue weighted by molar-refractivity contribution is 5.76. The molecule has 0 atom stereocenters. The third kappa shape index (κ3) is 4.89. The van der Waals surface area contributed by atoms with E-state index in [-0.39, 0.29) is 11.7 Å². The van der Waals surface area contributed by atoms with Crippen LogP contribution in [-0.2, 0) is 11.3 Å². The van der Waals surface area contributed by atoms with Crippen molar-refractivity contribution in [1.29, 1.82) is 5.41 Å². The number of hydrogen-bond donors (Lipinski definition) is 2. The molecule has 0 aliphatic rings. The minimum Gasteiger partial charge on any atom is -0.388 e. The van der Waals surface area contributed by atoms with Gasteiger partial charge in [-0.25, -0.2) is 4.39 Å². The first kappa shape index (κ1) is 12.6. The van der Waals surface area contributed by atoms with E-state index in [1.807, 2.05) is 0 Å². The molecule has 0 saturated heterocycles. The van der Waals surface area contributed by atoms with Gasteiger partial charge in [0.25, 0.3) is 0 Å². The first-order chi connectivity index (χ1) is 7.70. The molecule has 0 heterocycles. The molecule has 0 aliphatic carbocycles. The van der Waals surface area contributed by atoms with E-state index < -0.39 is 0 Å². The van der Waals surface area contributed by atoms with Gasteiger partial charge < -0.3 is 10.5 Å². The Bertz CT molecular complexity index is 342. The van der Waals surface area contributed by atoms with Crippen LogP contribution in [0.15, 0.2) is 24.3 Å². The molecule has 16 heavy (non-hydrogen) atoms. The highest BCUT2D eigenvalue weighted by Crippen LogP contribution is 2.08. The number of unbranched alkanes of at least 4 members (excludes halogenated alkanes) is 1. The van der Waals surface area contributed by atoms with Crippen molar-refractivity contribution in [2.75, 3.05) is 6.61 Å². The lowest BCUT2D eigenvalue weighted by molar-refractivity contribution is 0.115. The second-order valence-corrected chi connectivity index (χ2v) is 3.63. The van der Waals surface area contributed by atoms with E-state index in [0.717, 1.165) is 12.8 Å². The Kier molecular flexibility index (Phi) is 5.50. The van der Waals surface area contributed by atoms with Crippen molar-refractivity contribution in [1.82, 2.24) is 0 Å². The average molecular weight is 224 g/mol. The molecule has 0 spiro atoms. The molecule has 0 aliphatic heterocycles. The predicted octanol–water partition coefficient (Wildman–Crippen LogP) is 2.45. The number of benzene rings is 1. The molecule has 4 heteroatoms. The number of halogens is 1. The summed E-state index contributed by atoms with van der Waals surface area (Å²) in [5, 5.41) is 7.02. The van der Waals surface area contributed by atoms with Crippen LogP contribution in [0, 0.1) is 11.2 Å². The van der Waals surface area contributed by atoms with Crippen molar-refractivity contribution in [3.8, 4) is 0 Å². The molecular weight excluding hydrogens is 207 g/mol. The third-order valence-corrected chi connectivity index (χ3v) is 2.20. The highest BCUT2D eigenvalue weighted by Gasteiger charge is 1.99. The number of rotatable bonds is 7. The second kappa shape index (κ2) is 6.95. The standard InChI is InChI=1S/C12H17FN2O/c13-11-6-2-1-5-10(11)9-16-8-4-3-7-12(14)15/h1-2,5-6H,3-4,7-9H2,(H3,14,15). The van der Waals surface area contributed by atoms with Crippen molar-refractivity contribution < 1.29 is 9.13 Å². The van der Waals surface area contributed by atoms with Gasteiger partial charge in [0.05, 0.1) is 12.4 Å². The lowest BCUT2D eigenvalue weighted by Crippen LogP contribution is -2.09. The Morgan fingerprint density at radius 2 is 2.06 bits per heavy atom. The Morgan fingerprint density at radius 3 is 2.75 bits per heavy atom. The van der Waals surface area contributed by atoms with Crippen molar-refractivity contribution in [3.63, 3.8) is 0 Å². The van der Waals surface area contributed by atoms with Gasteiger partial charge in [-0.05, 0) is 18.9 Å². The number of nitrogens with two attached hydrogens (primary N) is 1. The van der Waals surface area contributed by atoms with Crippen LogP contribution in [-0.4, -0.2) is 12.4 Å². The Balaban J connectivity index is 2.12. The van der Waals surface area contributed by atoms with Crippen LogP contribution in [0.4, 0.5) is 4.39 Å². The van der Waals surface area contributed by atoms with Crippen molar-refractivity contribution in [2.24, 2.45) is 5.73 Å². The maximum atomic E-state index is 13.1. The molecule has 0 amide bonds. The Hall–Kier alpha value is -1.42. The SMILES string of the molecule is N=C(N)CCCCOCc1ccccc1F. The van der Waals surface area contributed by atoms with Crippen LogP contribution in [0.2, 0.25) is 0 Å². The summed E-state index contributed by atoms with van der Waals surface area (Å²) in [6.07, 6.45) is 2.28. The number of amidine groups is 1. The lowest BCUT2D eigenvalue weighted by atomic mass is 10.2. The predicted molar refractivity (Wildman–Crippen MR) is 61.8 cm³/mol. The maximum absolute atomic E-state index is 13.1. The Labute approximate surface area is 94.9 Å². The topological polar surface area (TPSA) is 59.1 Å². The van der Waals surface area contributed by atoms with Crippen LogP contribution in [0.5, 0.6) is 0 Å². The van der Waals surface area contributed by atoms with E-state index in [1.54, 1.807) is 18.2 Å². The van der Waals surface area contributed by atoms with E-state index in [4.69, 9.17) is 15.9 Å². The minimum absolute atomic E-state index is 0.203. The number of nitrogens with one attached hydrogen (secondary N) is 1. The molecule has 0 fully saturated rings. The summed E-state index contributed by atoms with van der Waals surface area (Å²) < 4.78 is 18.5. The van der Waals surface area contributed by atoms with Gasteiger partial charge in [0.15, 0.2) is 0 Å². The largest absolute Gasteiger partial charge is 0.388 e. The first-order valence-electron chi connectivity index (χ1n) is 5.34. The number of ether oxygens (including phenoxy) is 1. The van der Waals surface area contributed by atoms with E-state index in [0.29, 0.717) is 25.2 Å². The molecule has 1 aromatic rings. The van der Waals surface area contributed by atoms with Crippen LogP contribution in [0.1, 0.15) is 24.8 Å². The smallest absolute Gasteiger partial charge is 0.128 e. The molecule has 0 radical (unpaired) electrons. The van der Waals surface area contributed by atoms with Crippen molar-refractivity contribution >= 4 is 5.84 Å². The summed E-state index contributed by atoms with van der Waals surface area (Å²) in [7, 11) is 0. The molecule has 3 nitrogen and oxygen atoms in total. The summed E-state index contributed by atoms with van der Waals surface area (Å²) in [5.41, 5.74) is 5.79. The molecule has 88 valence electrons. The zero-order chi connectivity index (χ0) is 11.8. The van der Waals surface area contributed by atoms with Gasteiger partial charge in [-0.2, -0.15) is 0 Å². The van der Waals surface area contributed by atoms with Crippen LogP contribution in [0.25, 0.3) is 0 Å². The van der Waals surface area contributed by atoms with Crippen molar-refractivity contribution in [2.45, 2.75) is 25.9 Å². The van der Waals surface area contributed by atoms with Crippen LogP contribution >= 0.6 is 0 Å². The van der Waals surface area contributed by atoms with E-state index in [1.165, 1.54) is 6.07 Å². The number of hydrogen-bond acceptors (Lipinski definition) is 2. The molecule has 1 aromatic carbocycles. The summed E-state index contributed by atoms with van der Waals surface area (Å²) in [4.78, 5) is 0. The van der Waals surface area contributed by atoms with Gasteiger partial charge in [0.2, 0.25) is 0 Å². The molecule has 1 rings (SSSR count). The van der Waals surface area contributed by atoms with Gasteiger partial charge in [0, 0.05) is 18.6 Å². The summed E-state index contributed by atoms with van der Waals surface area (Å²) in [5.74, 6) is -0.0275. The third-order valence-electron chi connectivity index (χ3n) is 2.20. The summed E-state index contributed by atoms with van der Waals surface area (Å²) in [6.45, 7) is 0.869. The van der Waals surface area contributed by atoms with Gasteiger partial charge >= 0.3 is 0 Å². The fourth-order valence-corrected chi connectivity index (χ4v) is 1.32. The fourth-order valence-electron chi connectivity index (χ4n) is 1.32. The quantitative estimate of drug-likeness (QED) is 0.424.